The molecule has 256 valence electrons. The van der Waals surface area contributed by atoms with Crippen LogP contribution in [-0.2, 0) is 0 Å². The summed E-state index contributed by atoms with van der Waals surface area (Å²) in [5, 5.41) is 13.6. The molecule has 8 aromatic carbocycles. The second-order valence-electron chi connectivity index (χ2n) is 14.2. The van der Waals surface area contributed by atoms with E-state index in [-0.39, 0.29) is 0 Å². The zero-order valence-corrected chi connectivity index (χ0v) is 31.2. The smallest absolute Gasteiger partial charge is 0.247 e. The van der Waals surface area contributed by atoms with Crippen LogP contribution in [0.3, 0.4) is 0 Å². The van der Waals surface area contributed by atoms with E-state index >= 15 is 0 Å². The zero-order chi connectivity index (χ0) is 35.9. The summed E-state index contributed by atoms with van der Waals surface area (Å²) in [5.74, 6) is 0. The number of furan rings is 1. The van der Waals surface area contributed by atoms with Crippen molar-refractivity contribution in [2.24, 2.45) is 0 Å². The maximum atomic E-state index is 7.15. The Morgan fingerprint density at radius 2 is 1.22 bits per heavy atom. The number of hydrogen-bond acceptors (Lipinski definition) is 5. The molecule has 0 aliphatic rings. The van der Waals surface area contributed by atoms with Gasteiger partial charge in [-0.1, -0.05) is 109 Å². The van der Waals surface area contributed by atoms with Gasteiger partial charge < -0.3 is 8.98 Å². The third kappa shape index (κ3) is 4.05. The summed E-state index contributed by atoms with van der Waals surface area (Å²) in [7, 11) is 0. The first-order valence-corrected chi connectivity index (χ1v) is 20.2. The lowest BCUT2D eigenvalue weighted by molar-refractivity contribution is 0.653. The van der Waals surface area contributed by atoms with Crippen molar-refractivity contribution in [3.63, 3.8) is 0 Å². The molecule has 0 saturated carbocycles. The number of benzene rings is 8. The van der Waals surface area contributed by atoms with E-state index in [1.165, 1.54) is 68.1 Å². The SMILES string of the molecule is Clc1nc2oc3ccccc3c2nc1-c1cc(-n2c3ccccc3c3c4ccccc4c4c5cc6ccccc6cc5sc4c32)cc2sc3ccccc3c12. The van der Waals surface area contributed by atoms with Crippen molar-refractivity contribution in [2.75, 3.05) is 0 Å². The molecule has 0 amide bonds. The molecule has 0 radical (unpaired) electrons. The Labute approximate surface area is 325 Å². The molecule has 5 heterocycles. The molecule has 13 rings (SSSR count). The standard InChI is InChI=1S/C48H24ClN3OS2/c49-47-43(50-44-31-16-6-9-19-36(31)53-48(44)51-47)34-23-27(24-39-40(34)32-17-7-10-20-37(32)54-39)52-35-18-8-5-15-30(35)41-28-13-3-4-14-29(28)42-33-21-25-11-1-2-12-26(25)22-38(33)55-46(42)45(41)52/h1-24H. The number of aromatic nitrogens is 3. The third-order valence-electron chi connectivity index (χ3n) is 11.3. The van der Waals surface area contributed by atoms with Gasteiger partial charge in [0.2, 0.25) is 5.71 Å². The van der Waals surface area contributed by atoms with E-state index in [2.05, 4.69) is 126 Å². The largest absolute Gasteiger partial charge is 0.436 e. The number of para-hydroxylation sites is 2. The number of nitrogens with zero attached hydrogens (tertiary/aromatic N) is 3. The summed E-state index contributed by atoms with van der Waals surface area (Å²) in [6.45, 7) is 0. The minimum Gasteiger partial charge on any atom is -0.436 e. The average Bonchev–Trinajstić information content (AvgIpc) is 3.98. The minimum atomic E-state index is 0.312. The van der Waals surface area contributed by atoms with Crippen molar-refractivity contribution in [3.05, 3.63) is 151 Å². The number of halogens is 1. The molecule has 0 bridgehead atoms. The van der Waals surface area contributed by atoms with Crippen LogP contribution < -0.4 is 0 Å². The second kappa shape index (κ2) is 10.9. The molecule has 0 spiro atoms. The number of rotatable bonds is 2. The number of fused-ring (bicyclic) bond motifs is 17. The van der Waals surface area contributed by atoms with Crippen LogP contribution in [-0.4, -0.2) is 14.5 Å². The highest BCUT2D eigenvalue weighted by atomic mass is 35.5. The summed E-state index contributed by atoms with van der Waals surface area (Å²) in [5.41, 5.74) is 6.87. The Balaban J connectivity index is 1.22. The summed E-state index contributed by atoms with van der Waals surface area (Å²) >= 11 is 10.8. The van der Waals surface area contributed by atoms with Crippen molar-refractivity contribution in [2.45, 2.75) is 0 Å². The molecule has 55 heavy (non-hydrogen) atoms. The van der Waals surface area contributed by atoms with Crippen LogP contribution in [0.2, 0.25) is 5.15 Å². The highest BCUT2D eigenvalue weighted by Gasteiger charge is 2.25. The van der Waals surface area contributed by atoms with Gasteiger partial charge in [-0.05, 0) is 70.1 Å². The van der Waals surface area contributed by atoms with E-state index in [0.717, 1.165) is 37.8 Å². The van der Waals surface area contributed by atoms with Crippen molar-refractivity contribution in [1.82, 2.24) is 14.5 Å². The van der Waals surface area contributed by atoms with Gasteiger partial charge in [0.15, 0.2) is 5.15 Å². The summed E-state index contributed by atoms with van der Waals surface area (Å²) < 4.78 is 13.5. The maximum absolute atomic E-state index is 7.15. The van der Waals surface area contributed by atoms with Crippen LogP contribution in [0, 0.1) is 0 Å². The lowest BCUT2D eigenvalue weighted by Crippen LogP contribution is -1.97. The van der Waals surface area contributed by atoms with Crippen molar-refractivity contribution >= 4 is 140 Å². The molecule has 13 aromatic rings. The Hall–Kier alpha value is -6.31. The van der Waals surface area contributed by atoms with Crippen LogP contribution in [0.4, 0.5) is 0 Å². The maximum Gasteiger partial charge on any atom is 0.247 e. The predicted molar refractivity (Wildman–Crippen MR) is 235 cm³/mol. The highest BCUT2D eigenvalue weighted by molar-refractivity contribution is 7.27. The molecular formula is C48H24ClN3OS2. The molecule has 0 fully saturated rings. The van der Waals surface area contributed by atoms with E-state index in [4.69, 9.17) is 26.0 Å². The fourth-order valence-corrected chi connectivity index (χ4v) is 11.6. The predicted octanol–water partition coefficient (Wildman–Crippen LogP) is 14.8. The van der Waals surface area contributed by atoms with Crippen LogP contribution in [0.15, 0.2) is 150 Å². The monoisotopic (exact) mass is 757 g/mol. The normalized spacial score (nSPS) is 12.5. The Bertz CT molecular complexity index is 3810. The van der Waals surface area contributed by atoms with Crippen LogP contribution in [0.5, 0.6) is 0 Å². The molecule has 0 aliphatic carbocycles. The molecule has 0 saturated heterocycles. The molecular weight excluding hydrogens is 734 g/mol. The lowest BCUT2D eigenvalue weighted by Gasteiger charge is -2.14. The van der Waals surface area contributed by atoms with E-state index in [0.29, 0.717) is 22.1 Å². The van der Waals surface area contributed by atoms with E-state index in [1.54, 1.807) is 11.3 Å². The highest BCUT2D eigenvalue weighted by Crippen LogP contribution is 2.50. The number of hydrogen-bond donors (Lipinski definition) is 0. The van der Waals surface area contributed by atoms with Crippen LogP contribution in [0.25, 0.3) is 123 Å². The summed E-state index contributed by atoms with van der Waals surface area (Å²) in [4.78, 5) is 10.1. The minimum absolute atomic E-state index is 0.312. The van der Waals surface area contributed by atoms with Gasteiger partial charge >= 0.3 is 0 Å². The fraction of sp³-hybridized carbons (Fsp3) is 0. The van der Waals surface area contributed by atoms with Gasteiger partial charge in [-0.15, -0.1) is 22.7 Å². The van der Waals surface area contributed by atoms with Crippen molar-refractivity contribution in [1.29, 1.82) is 0 Å². The Morgan fingerprint density at radius 3 is 2.07 bits per heavy atom. The third-order valence-corrected chi connectivity index (χ3v) is 13.8. The first-order valence-electron chi connectivity index (χ1n) is 18.2. The van der Waals surface area contributed by atoms with Crippen molar-refractivity contribution in [3.8, 4) is 16.9 Å². The molecule has 0 N–H and O–H groups in total. The first kappa shape index (κ1) is 30.1. The van der Waals surface area contributed by atoms with Gasteiger partial charge in [0.05, 0.1) is 15.7 Å². The molecule has 0 aliphatic heterocycles. The molecule has 5 aromatic heterocycles. The average molecular weight is 758 g/mol. The van der Waals surface area contributed by atoms with Gasteiger partial charge in [0.1, 0.15) is 16.8 Å². The second-order valence-corrected chi connectivity index (χ2v) is 16.7. The fourth-order valence-electron chi connectivity index (χ4n) is 8.96. The first-order chi connectivity index (χ1) is 27.2. The molecule has 4 nitrogen and oxygen atoms in total. The number of thiophene rings is 2. The van der Waals surface area contributed by atoms with E-state index in [9.17, 15) is 0 Å². The lowest BCUT2D eigenvalue weighted by atomic mass is 9.98. The van der Waals surface area contributed by atoms with E-state index in [1.807, 2.05) is 35.6 Å². The topological polar surface area (TPSA) is 43.9 Å². The Morgan fingerprint density at radius 1 is 0.527 bits per heavy atom. The van der Waals surface area contributed by atoms with Gasteiger partial charge in [-0.25, -0.2) is 4.98 Å². The van der Waals surface area contributed by atoms with Crippen LogP contribution in [0.1, 0.15) is 0 Å². The summed E-state index contributed by atoms with van der Waals surface area (Å²) in [6, 6.07) is 52.3. The Kier molecular flexibility index (Phi) is 5.95. The summed E-state index contributed by atoms with van der Waals surface area (Å²) in [6.07, 6.45) is 0. The van der Waals surface area contributed by atoms with Gasteiger partial charge in [-0.3, -0.25) is 0 Å². The quantitative estimate of drug-likeness (QED) is 0.176. The van der Waals surface area contributed by atoms with Crippen molar-refractivity contribution < 1.29 is 4.42 Å². The zero-order valence-electron chi connectivity index (χ0n) is 28.8. The molecule has 0 unspecified atom stereocenters. The molecule has 0 atom stereocenters. The van der Waals surface area contributed by atoms with Gasteiger partial charge in [-0.2, -0.15) is 4.98 Å². The van der Waals surface area contributed by atoms with Gasteiger partial charge in [0, 0.05) is 63.1 Å². The van der Waals surface area contributed by atoms with E-state index < -0.39 is 0 Å². The van der Waals surface area contributed by atoms with Crippen LogP contribution >= 0.6 is 34.3 Å². The van der Waals surface area contributed by atoms with Gasteiger partial charge in [0.25, 0.3) is 0 Å². The molecule has 7 heteroatoms.